The van der Waals surface area contributed by atoms with E-state index in [9.17, 15) is 0 Å². The third kappa shape index (κ3) is 3.32. The molecule has 0 amide bonds. The lowest BCUT2D eigenvalue weighted by atomic mass is 10.5. The van der Waals surface area contributed by atoms with Gasteiger partial charge in [0.05, 0.1) is 4.47 Å². The molecule has 0 saturated carbocycles. The van der Waals surface area contributed by atoms with Crippen LogP contribution in [0.4, 0.5) is 0 Å². The summed E-state index contributed by atoms with van der Waals surface area (Å²) in [6.45, 7) is 2.40. The van der Waals surface area contributed by atoms with E-state index < -0.39 is 0 Å². The van der Waals surface area contributed by atoms with E-state index in [2.05, 4.69) is 25.9 Å². The van der Waals surface area contributed by atoms with Crippen molar-refractivity contribution < 1.29 is 4.74 Å². The molecule has 1 aromatic heterocycles. The highest BCUT2D eigenvalue weighted by atomic mass is 79.9. The Morgan fingerprint density at radius 2 is 2.46 bits per heavy atom. The molecule has 13 heavy (non-hydrogen) atoms. The van der Waals surface area contributed by atoms with E-state index in [4.69, 9.17) is 16.3 Å². The third-order valence-corrected chi connectivity index (χ3v) is 1.96. The maximum atomic E-state index is 5.59. The SMILES string of the molecule is C/C=C/COc1nc(Cl)ncc1Br. The number of hydrogen-bond acceptors (Lipinski definition) is 3. The van der Waals surface area contributed by atoms with Gasteiger partial charge in [-0.05, 0) is 34.5 Å². The Labute approximate surface area is 89.9 Å². The topological polar surface area (TPSA) is 35.0 Å². The van der Waals surface area contributed by atoms with E-state index in [0.29, 0.717) is 17.0 Å². The van der Waals surface area contributed by atoms with Crippen LogP contribution in [-0.4, -0.2) is 16.6 Å². The van der Waals surface area contributed by atoms with Crippen LogP contribution in [-0.2, 0) is 0 Å². The first-order valence-electron chi connectivity index (χ1n) is 3.66. The van der Waals surface area contributed by atoms with Crippen LogP contribution in [0.2, 0.25) is 5.28 Å². The maximum Gasteiger partial charge on any atom is 0.232 e. The minimum absolute atomic E-state index is 0.179. The predicted molar refractivity (Wildman–Crippen MR) is 55.1 cm³/mol. The Kier molecular flexibility index (Phi) is 4.18. The molecule has 0 saturated heterocycles. The lowest BCUT2D eigenvalue weighted by molar-refractivity contribution is 0.345. The zero-order valence-electron chi connectivity index (χ0n) is 7.00. The first-order valence-corrected chi connectivity index (χ1v) is 4.83. The van der Waals surface area contributed by atoms with Crippen LogP contribution in [0.1, 0.15) is 6.92 Å². The van der Waals surface area contributed by atoms with Crippen LogP contribution in [0.25, 0.3) is 0 Å². The van der Waals surface area contributed by atoms with Gasteiger partial charge in [0.25, 0.3) is 0 Å². The standard InChI is InChI=1S/C8H8BrClN2O/c1-2-3-4-13-7-6(9)5-11-8(10)12-7/h2-3,5H,4H2,1H3/b3-2+. The van der Waals surface area contributed by atoms with Crippen LogP contribution >= 0.6 is 27.5 Å². The maximum absolute atomic E-state index is 5.59. The molecule has 1 rings (SSSR count). The van der Waals surface area contributed by atoms with Crippen LogP contribution in [0, 0.1) is 0 Å². The van der Waals surface area contributed by atoms with Crippen molar-refractivity contribution in [3.63, 3.8) is 0 Å². The zero-order valence-corrected chi connectivity index (χ0v) is 9.34. The zero-order chi connectivity index (χ0) is 9.68. The van der Waals surface area contributed by atoms with Gasteiger partial charge in [0.1, 0.15) is 6.61 Å². The number of nitrogens with zero attached hydrogens (tertiary/aromatic N) is 2. The van der Waals surface area contributed by atoms with E-state index >= 15 is 0 Å². The molecular weight excluding hydrogens is 255 g/mol. The van der Waals surface area contributed by atoms with Gasteiger partial charge in [-0.3, -0.25) is 0 Å². The number of rotatable bonds is 3. The van der Waals surface area contributed by atoms with Crippen LogP contribution in [0.15, 0.2) is 22.8 Å². The number of ether oxygens (including phenoxy) is 1. The molecule has 0 aliphatic heterocycles. The first-order chi connectivity index (χ1) is 6.24. The molecule has 0 aliphatic carbocycles. The van der Waals surface area contributed by atoms with E-state index in [1.54, 1.807) is 6.20 Å². The highest BCUT2D eigenvalue weighted by Crippen LogP contribution is 2.22. The normalized spacial score (nSPS) is 10.7. The van der Waals surface area contributed by atoms with Crippen molar-refractivity contribution in [2.75, 3.05) is 6.61 Å². The molecule has 0 unspecified atom stereocenters. The molecule has 70 valence electrons. The summed E-state index contributed by atoms with van der Waals surface area (Å²) < 4.78 is 5.98. The van der Waals surface area contributed by atoms with Gasteiger partial charge in [-0.1, -0.05) is 12.2 Å². The summed E-state index contributed by atoms with van der Waals surface area (Å²) in [5, 5.41) is 0.179. The summed E-state index contributed by atoms with van der Waals surface area (Å²) in [6, 6.07) is 0. The summed E-state index contributed by atoms with van der Waals surface area (Å²) in [7, 11) is 0. The summed E-state index contributed by atoms with van der Waals surface area (Å²) in [5.41, 5.74) is 0. The van der Waals surface area contributed by atoms with Crippen molar-refractivity contribution >= 4 is 27.5 Å². The van der Waals surface area contributed by atoms with E-state index in [1.807, 2.05) is 19.1 Å². The van der Waals surface area contributed by atoms with Gasteiger partial charge in [0.2, 0.25) is 11.2 Å². The third-order valence-electron chi connectivity index (χ3n) is 1.23. The van der Waals surface area contributed by atoms with Crippen molar-refractivity contribution in [1.82, 2.24) is 9.97 Å². The Bertz CT molecular complexity index is 317. The van der Waals surface area contributed by atoms with Crippen molar-refractivity contribution in [2.45, 2.75) is 6.92 Å². The molecular formula is C8H8BrClN2O. The van der Waals surface area contributed by atoms with E-state index in [0.717, 1.165) is 0 Å². The molecule has 1 heterocycles. The summed E-state index contributed by atoms with van der Waals surface area (Å²) in [6.07, 6.45) is 5.33. The Hall–Kier alpha value is -0.610. The minimum atomic E-state index is 0.179. The monoisotopic (exact) mass is 262 g/mol. The van der Waals surface area contributed by atoms with Crippen molar-refractivity contribution in [3.05, 3.63) is 28.1 Å². The molecule has 0 aliphatic rings. The van der Waals surface area contributed by atoms with E-state index in [1.165, 1.54) is 0 Å². The first kappa shape index (κ1) is 10.5. The van der Waals surface area contributed by atoms with Gasteiger partial charge < -0.3 is 4.74 Å². The van der Waals surface area contributed by atoms with Gasteiger partial charge in [-0.25, -0.2) is 4.98 Å². The molecule has 0 radical (unpaired) electrons. The van der Waals surface area contributed by atoms with Gasteiger partial charge in [-0.2, -0.15) is 4.98 Å². The lowest BCUT2D eigenvalue weighted by Crippen LogP contribution is -1.97. The molecule has 0 atom stereocenters. The average molecular weight is 264 g/mol. The second-order valence-corrected chi connectivity index (χ2v) is 3.36. The lowest BCUT2D eigenvalue weighted by Gasteiger charge is -2.03. The van der Waals surface area contributed by atoms with Gasteiger partial charge in [0.15, 0.2) is 0 Å². The van der Waals surface area contributed by atoms with Crippen molar-refractivity contribution in [3.8, 4) is 5.88 Å². The summed E-state index contributed by atoms with van der Waals surface area (Å²) in [5.74, 6) is 0.457. The molecule has 0 aromatic carbocycles. The number of halogens is 2. The second-order valence-electron chi connectivity index (χ2n) is 2.17. The molecule has 0 N–H and O–H groups in total. The Balaban J connectivity index is 2.69. The van der Waals surface area contributed by atoms with Gasteiger partial charge in [-0.15, -0.1) is 0 Å². The van der Waals surface area contributed by atoms with Crippen LogP contribution in [0.3, 0.4) is 0 Å². The fourth-order valence-electron chi connectivity index (χ4n) is 0.656. The van der Waals surface area contributed by atoms with Gasteiger partial charge >= 0.3 is 0 Å². The Morgan fingerprint density at radius 1 is 1.69 bits per heavy atom. The number of allylic oxidation sites excluding steroid dienone is 1. The van der Waals surface area contributed by atoms with Crippen molar-refractivity contribution in [2.24, 2.45) is 0 Å². The predicted octanol–water partition coefficient (Wildman–Crippen LogP) is 2.85. The fourth-order valence-corrected chi connectivity index (χ4v) is 1.09. The molecule has 1 aromatic rings. The molecule has 0 fully saturated rings. The Morgan fingerprint density at radius 3 is 3.15 bits per heavy atom. The molecule has 0 bridgehead atoms. The van der Waals surface area contributed by atoms with Crippen LogP contribution in [0.5, 0.6) is 5.88 Å². The average Bonchev–Trinajstić information content (AvgIpc) is 2.11. The highest BCUT2D eigenvalue weighted by molar-refractivity contribution is 9.10. The largest absolute Gasteiger partial charge is 0.473 e. The van der Waals surface area contributed by atoms with Gasteiger partial charge in [0, 0.05) is 6.20 Å². The number of aromatic nitrogens is 2. The quantitative estimate of drug-likeness (QED) is 0.621. The summed E-state index contributed by atoms with van der Waals surface area (Å²) in [4.78, 5) is 7.67. The minimum Gasteiger partial charge on any atom is -0.473 e. The molecule has 5 heteroatoms. The molecule has 3 nitrogen and oxygen atoms in total. The van der Waals surface area contributed by atoms with Crippen molar-refractivity contribution in [1.29, 1.82) is 0 Å². The molecule has 0 spiro atoms. The second kappa shape index (κ2) is 5.19. The smallest absolute Gasteiger partial charge is 0.232 e. The van der Waals surface area contributed by atoms with E-state index in [-0.39, 0.29) is 5.28 Å². The number of hydrogen-bond donors (Lipinski definition) is 0. The fraction of sp³-hybridized carbons (Fsp3) is 0.250. The highest BCUT2D eigenvalue weighted by Gasteiger charge is 2.03. The van der Waals surface area contributed by atoms with Crippen LogP contribution < -0.4 is 4.74 Å². The summed E-state index contributed by atoms with van der Waals surface area (Å²) >= 11 is 8.84.